The third-order valence-electron chi connectivity index (χ3n) is 7.74. The third kappa shape index (κ3) is 7.50. The van der Waals surface area contributed by atoms with Gasteiger partial charge in [-0.3, -0.25) is 14.6 Å². The van der Waals surface area contributed by atoms with Gasteiger partial charge in [0.15, 0.2) is 0 Å². The van der Waals surface area contributed by atoms with Gasteiger partial charge in [-0.1, -0.05) is 84.9 Å². The summed E-state index contributed by atoms with van der Waals surface area (Å²) in [6.07, 6.45) is 0.371. The molecule has 4 aromatic rings. The fourth-order valence-electron chi connectivity index (χ4n) is 5.31. The number of nitrogens with zero attached hydrogens (tertiary/aromatic N) is 3. The van der Waals surface area contributed by atoms with E-state index < -0.39 is 6.04 Å². The van der Waals surface area contributed by atoms with Gasteiger partial charge in [-0.05, 0) is 39.6 Å². The number of fused-ring (bicyclic) bond motifs is 1. The van der Waals surface area contributed by atoms with E-state index in [1.807, 2.05) is 78.9 Å². The normalized spacial score (nSPS) is 16.1. The topological polar surface area (TPSA) is 94.2 Å². The molecular formula is C34H37N5O4. The second kappa shape index (κ2) is 13.8. The Kier molecular flexibility index (Phi) is 9.53. The molecule has 0 saturated carbocycles. The molecule has 0 spiro atoms. The van der Waals surface area contributed by atoms with Gasteiger partial charge in [0, 0.05) is 39.6 Å². The smallest absolute Gasteiger partial charge is 0.331 e. The Morgan fingerprint density at radius 1 is 0.907 bits per heavy atom. The number of hydrazine groups is 1. The van der Waals surface area contributed by atoms with Crippen LogP contribution in [0.5, 0.6) is 5.75 Å². The molecule has 43 heavy (non-hydrogen) atoms. The van der Waals surface area contributed by atoms with Crippen molar-refractivity contribution in [3.63, 3.8) is 0 Å². The largest absolute Gasteiger partial charge is 0.497 e. The van der Waals surface area contributed by atoms with Crippen molar-refractivity contribution >= 4 is 28.6 Å². The molecule has 9 nitrogen and oxygen atoms in total. The van der Waals surface area contributed by atoms with Crippen molar-refractivity contribution in [1.29, 1.82) is 0 Å². The molecule has 5 rings (SSSR count). The molecule has 0 unspecified atom stereocenters. The van der Waals surface area contributed by atoms with Crippen LogP contribution in [0.3, 0.4) is 0 Å². The summed E-state index contributed by atoms with van der Waals surface area (Å²) in [5.74, 6) is 0.262. The Morgan fingerprint density at radius 2 is 1.63 bits per heavy atom. The number of carbonyl (C=O) groups excluding carboxylic acids is 3. The number of ether oxygens (including phenoxy) is 1. The SMILES string of the molecule is COc1ccc(CNC(=O)N(C)N2CCN(Cc3cccc4ccccc34)C(=O)[C@H](Cc3ccccc3)NC(=O)C2)cc1. The molecule has 1 aliphatic rings. The first kappa shape index (κ1) is 29.6. The van der Waals surface area contributed by atoms with E-state index in [0.29, 0.717) is 32.6 Å². The predicted octanol–water partition coefficient (Wildman–Crippen LogP) is 3.98. The first-order chi connectivity index (χ1) is 20.9. The van der Waals surface area contributed by atoms with E-state index in [1.165, 1.54) is 5.01 Å². The van der Waals surface area contributed by atoms with Gasteiger partial charge in [-0.15, -0.1) is 0 Å². The maximum Gasteiger partial charge on any atom is 0.331 e. The molecule has 0 aliphatic carbocycles. The van der Waals surface area contributed by atoms with E-state index >= 15 is 0 Å². The number of nitrogens with one attached hydrogen (secondary N) is 2. The number of carbonyl (C=O) groups is 3. The van der Waals surface area contributed by atoms with Crippen LogP contribution in [0.1, 0.15) is 16.7 Å². The molecule has 0 radical (unpaired) electrons. The highest BCUT2D eigenvalue weighted by atomic mass is 16.5. The highest BCUT2D eigenvalue weighted by Crippen LogP contribution is 2.21. The quantitative estimate of drug-likeness (QED) is 0.330. The van der Waals surface area contributed by atoms with Gasteiger partial charge in [0.1, 0.15) is 11.8 Å². The molecule has 4 amide bonds. The van der Waals surface area contributed by atoms with E-state index in [1.54, 1.807) is 24.1 Å². The fraction of sp³-hybridized carbons (Fsp3) is 0.265. The van der Waals surface area contributed by atoms with Gasteiger partial charge >= 0.3 is 6.03 Å². The van der Waals surface area contributed by atoms with E-state index in [0.717, 1.165) is 33.2 Å². The van der Waals surface area contributed by atoms with Gasteiger partial charge in [0.05, 0.1) is 13.7 Å². The van der Waals surface area contributed by atoms with E-state index in [-0.39, 0.29) is 24.4 Å². The van der Waals surface area contributed by atoms with Crippen molar-refractivity contribution in [3.8, 4) is 5.75 Å². The second-order valence-electron chi connectivity index (χ2n) is 10.6. The number of benzene rings is 4. The van der Waals surface area contributed by atoms with Crippen LogP contribution in [0.25, 0.3) is 10.8 Å². The van der Waals surface area contributed by atoms with Crippen LogP contribution < -0.4 is 15.4 Å². The van der Waals surface area contributed by atoms with E-state index in [9.17, 15) is 14.4 Å². The molecule has 2 N–H and O–H groups in total. The average Bonchev–Trinajstić information content (AvgIpc) is 3.09. The summed E-state index contributed by atoms with van der Waals surface area (Å²) in [5, 5.41) is 11.1. The summed E-state index contributed by atoms with van der Waals surface area (Å²) >= 11 is 0. The van der Waals surface area contributed by atoms with E-state index in [2.05, 4.69) is 28.8 Å². The molecule has 1 heterocycles. The second-order valence-corrected chi connectivity index (χ2v) is 10.6. The van der Waals surface area contributed by atoms with Gasteiger partial charge in [-0.2, -0.15) is 0 Å². The Hall–Kier alpha value is -4.89. The standard InChI is InChI=1S/C34H37N5O4/c1-37(34(42)35-22-26-15-17-29(43-2)18-16-26)39-20-19-38(23-28-13-8-12-27-11-6-7-14-30(27)28)33(41)31(36-32(40)24-39)21-25-9-4-3-5-10-25/h3-18,31H,19-24H2,1-2H3,(H,35,42)(H,36,40)/t31-/m0/s1. The lowest BCUT2D eigenvalue weighted by atomic mass is 10.0. The predicted molar refractivity (Wildman–Crippen MR) is 166 cm³/mol. The highest BCUT2D eigenvalue weighted by Gasteiger charge is 2.31. The summed E-state index contributed by atoms with van der Waals surface area (Å²) in [6.45, 7) is 1.26. The van der Waals surface area contributed by atoms with Crippen LogP contribution in [0.2, 0.25) is 0 Å². The Balaban J connectivity index is 1.35. The first-order valence-electron chi connectivity index (χ1n) is 14.4. The Labute approximate surface area is 252 Å². The summed E-state index contributed by atoms with van der Waals surface area (Å²) in [5.41, 5.74) is 2.89. The van der Waals surface area contributed by atoms with Crippen molar-refractivity contribution in [1.82, 2.24) is 25.6 Å². The summed E-state index contributed by atoms with van der Waals surface area (Å²) < 4.78 is 5.20. The van der Waals surface area contributed by atoms with Gasteiger partial charge in [0.2, 0.25) is 11.8 Å². The van der Waals surface area contributed by atoms with Crippen LogP contribution in [0.4, 0.5) is 4.79 Å². The van der Waals surface area contributed by atoms with Crippen molar-refractivity contribution in [2.45, 2.75) is 25.6 Å². The minimum absolute atomic E-state index is 0.0624. The van der Waals surface area contributed by atoms with Crippen molar-refractivity contribution in [2.75, 3.05) is 33.8 Å². The molecule has 1 aliphatic heterocycles. The zero-order valence-electron chi connectivity index (χ0n) is 24.5. The van der Waals surface area contributed by atoms with Crippen molar-refractivity contribution < 1.29 is 19.1 Å². The molecule has 0 aromatic heterocycles. The van der Waals surface area contributed by atoms with Crippen LogP contribution >= 0.6 is 0 Å². The first-order valence-corrected chi connectivity index (χ1v) is 14.4. The number of urea groups is 1. The zero-order chi connectivity index (χ0) is 30.2. The van der Waals surface area contributed by atoms with Crippen LogP contribution in [-0.4, -0.2) is 72.6 Å². The number of hydrogen-bond donors (Lipinski definition) is 2. The lowest BCUT2D eigenvalue weighted by Crippen LogP contribution is -2.53. The lowest BCUT2D eigenvalue weighted by molar-refractivity contribution is -0.136. The maximum absolute atomic E-state index is 14.0. The zero-order valence-corrected chi connectivity index (χ0v) is 24.5. The average molecular weight is 580 g/mol. The van der Waals surface area contributed by atoms with Crippen LogP contribution in [0.15, 0.2) is 97.1 Å². The summed E-state index contributed by atoms with van der Waals surface area (Å²) in [4.78, 5) is 42.2. The monoisotopic (exact) mass is 579 g/mol. The molecular weight excluding hydrogens is 542 g/mol. The van der Waals surface area contributed by atoms with Gasteiger partial charge in [-0.25, -0.2) is 9.80 Å². The lowest BCUT2D eigenvalue weighted by Gasteiger charge is -2.32. The summed E-state index contributed by atoms with van der Waals surface area (Å²) in [7, 11) is 3.24. The van der Waals surface area contributed by atoms with Gasteiger partial charge < -0.3 is 20.3 Å². The van der Waals surface area contributed by atoms with Crippen LogP contribution in [0, 0.1) is 0 Å². The third-order valence-corrected chi connectivity index (χ3v) is 7.74. The number of amides is 4. The number of methoxy groups -OCH3 is 1. The highest BCUT2D eigenvalue weighted by molar-refractivity contribution is 5.90. The summed E-state index contributed by atoms with van der Waals surface area (Å²) in [6, 6.07) is 30.2. The number of rotatable bonds is 8. The molecule has 9 heteroatoms. The Morgan fingerprint density at radius 3 is 2.40 bits per heavy atom. The minimum atomic E-state index is -0.737. The molecule has 4 aromatic carbocycles. The fourth-order valence-corrected chi connectivity index (χ4v) is 5.31. The number of hydrogen-bond acceptors (Lipinski definition) is 5. The molecule has 1 saturated heterocycles. The van der Waals surface area contributed by atoms with Crippen molar-refractivity contribution in [2.24, 2.45) is 0 Å². The molecule has 1 atom stereocenters. The minimum Gasteiger partial charge on any atom is -0.497 e. The van der Waals surface area contributed by atoms with Crippen LogP contribution in [-0.2, 0) is 29.1 Å². The Bertz CT molecular complexity index is 1560. The molecule has 1 fully saturated rings. The molecule has 0 bridgehead atoms. The van der Waals surface area contributed by atoms with E-state index in [4.69, 9.17) is 4.74 Å². The maximum atomic E-state index is 14.0. The molecule has 222 valence electrons. The van der Waals surface area contributed by atoms with Crippen molar-refractivity contribution in [3.05, 3.63) is 114 Å². The van der Waals surface area contributed by atoms with Gasteiger partial charge in [0.25, 0.3) is 0 Å².